The number of rotatable bonds is 7. The molecule has 0 aliphatic carbocycles. The fourth-order valence-electron chi connectivity index (χ4n) is 2.75. The summed E-state index contributed by atoms with van der Waals surface area (Å²) in [4.78, 5) is 3.63. The third-order valence-corrected chi connectivity index (χ3v) is 4.93. The lowest BCUT2D eigenvalue weighted by molar-refractivity contribution is 0.118. The van der Waals surface area contributed by atoms with Crippen LogP contribution in [0.25, 0.3) is 5.69 Å². The van der Waals surface area contributed by atoms with Crippen molar-refractivity contribution >= 4 is 11.3 Å². The van der Waals surface area contributed by atoms with E-state index in [4.69, 9.17) is 0 Å². The molecule has 0 aliphatic heterocycles. The van der Waals surface area contributed by atoms with Gasteiger partial charge in [-0.1, -0.05) is 18.2 Å². The Morgan fingerprint density at radius 1 is 1.21 bits per heavy atom. The maximum Gasteiger partial charge on any atom is 0.0645 e. The Balaban J connectivity index is 1.73. The van der Waals surface area contributed by atoms with Crippen LogP contribution in [0.1, 0.15) is 22.9 Å². The van der Waals surface area contributed by atoms with Gasteiger partial charge in [0.2, 0.25) is 0 Å². The van der Waals surface area contributed by atoms with Crippen LogP contribution < -0.4 is 0 Å². The van der Waals surface area contributed by atoms with Crippen LogP contribution in [0.15, 0.2) is 54.2 Å². The molecule has 1 unspecified atom stereocenters. The Kier molecular flexibility index (Phi) is 5.45. The van der Waals surface area contributed by atoms with Gasteiger partial charge in [0.1, 0.15) is 0 Å². The molecule has 0 bridgehead atoms. The third-order valence-electron chi connectivity index (χ3n) is 3.92. The average Bonchev–Trinajstić information content (AvgIpc) is 3.17. The molecule has 24 heavy (non-hydrogen) atoms. The standard InChI is InChI=1S/C19H23N3OS/c1-15-8-9-24-19(15)14-21(11-16(2)23)12-17-10-20-22(13-17)18-6-4-3-5-7-18/h3-10,13,16,23H,11-12,14H2,1-2H3. The van der Waals surface area contributed by atoms with Crippen molar-refractivity contribution in [2.45, 2.75) is 33.0 Å². The number of aliphatic hydroxyl groups excluding tert-OH is 1. The summed E-state index contributed by atoms with van der Waals surface area (Å²) in [6.45, 7) is 6.25. The molecule has 3 rings (SSSR count). The maximum absolute atomic E-state index is 9.82. The van der Waals surface area contributed by atoms with Gasteiger partial charge in [-0.25, -0.2) is 4.68 Å². The molecule has 1 aromatic carbocycles. The van der Waals surface area contributed by atoms with Crippen molar-refractivity contribution in [2.75, 3.05) is 6.54 Å². The summed E-state index contributed by atoms with van der Waals surface area (Å²) in [5.41, 5.74) is 3.52. The van der Waals surface area contributed by atoms with Crippen LogP contribution in [0.3, 0.4) is 0 Å². The molecule has 2 heterocycles. The topological polar surface area (TPSA) is 41.3 Å². The lowest BCUT2D eigenvalue weighted by atomic mass is 10.2. The molecular formula is C19H23N3OS. The number of hydrogen-bond acceptors (Lipinski definition) is 4. The number of nitrogens with zero attached hydrogens (tertiary/aromatic N) is 3. The van der Waals surface area contributed by atoms with Crippen molar-refractivity contribution < 1.29 is 5.11 Å². The minimum atomic E-state index is -0.352. The summed E-state index contributed by atoms with van der Waals surface area (Å²) < 4.78 is 1.90. The highest BCUT2D eigenvalue weighted by Crippen LogP contribution is 2.19. The molecule has 0 radical (unpaired) electrons. The molecule has 3 aromatic rings. The van der Waals surface area contributed by atoms with Gasteiger partial charge in [-0.3, -0.25) is 4.90 Å². The predicted octanol–water partition coefficient (Wildman–Crippen LogP) is 3.63. The molecule has 1 N–H and O–H groups in total. The molecule has 126 valence electrons. The Hall–Kier alpha value is -1.95. The quantitative estimate of drug-likeness (QED) is 0.713. The van der Waals surface area contributed by atoms with E-state index >= 15 is 0 Å². The van der Waals surface area contributed by atoms with E-state index in [2.05, 4.69) is 34.6 Å². The summed E-state index contributed by atoms with van der Waals surface area (Å²) in [6, 6.07) is 12.3. The highest BCUT2D eigenvalue weighted by Gasteiger charge is 2.13. The van der Waals surface area contributed by atoms with E-state index < -0.39 is 0 Å². The van der Waals surface area contributed by atoms with Crippen molar-refractivity contribution in [3.05, 3.63) is 70.2 Å². The zero-order valence-corrected chi connectivity index (χ0v) is 14.9. The first-order chi connectivity index (χ1) is 11.6. The predicted molar refractivity (Wildman–Crippen MR) is 98.4 cm³/mol. The van der Waals surface area contributed by atoms with E-state index in [1.165, 1.54) is 10.4 Å². The molecule has 0 amide bonds. The van der Waals surface area contributed by atoms with Crippen LogP contribution in [0.5, 0.6) is 0 Å². The number of aromatic nitrogens is 2. The number of para-hydroxylation sites is 1. The van der Waals surface area contributed by atoms with Crippen LogP contribution in [0.2, 0.25) is 0 Å². The van der Waals surface area contributed by atoms with Crippen molar-refractivity contribution in [2.24, 2.45) is 0 Å². The maximum atomic E-state index is 9.82. The third kappa shape index (κ3) is 4.32. The fraction of sp³-hybridized carbons (Fsp3) is 0.316. The lowest BCUT2D eigenvalue weighted by Gasteiger charge is -2.23. The summed E-state index contributed by atoms with van der Waals surface area (Å²) in [7, 11) is 0. The van der Waals surface area contributed by atoms with Gasteiger partial charge in [0.15, 0.2) is 0 Å². The molecule has 4 nitrogen and oxygen atoms in total. The molecule has 0 aliphatic rings. The van der Waals surface area contributed by atoms with Gasteiger partial charge >= 0.3 is 0 Å². The Labute approximate surface area is 147 Å². The van der Waals surface area contributed by atoms with Gasteiger partial charge in [0.25, 0.3) is 0 Å². The van der Waals surface area contributed by atoms with E-state index in [1.54, 1.807) is 11.3 Å². The normalized spacial score (nSPS) is 12.7. The largest absolute Gasteiger partial charge is 0.392 e. The van der Waals surface area contributed by atoms with Crippen molar-refractivity contribution in [3.63, 3.8) is 0 Å². The Bertz CT molecular complexity index is 764. The molecule has 0 fully saturated rings. The SMILES string of the molecule is Cc1ccsc1CN(Cc1cnn(-c2ccccc2)c1)CC(C)O. The molecule has 2 aromatic heterocycles. The highest BCUT2D eigenvalue weighted by molar-refractivity contribution is 7.10. The fourth-order valence-corrected chi connectivity index (χ4v) is 3.70. The monoisotopic (exact) mass is 341 g/mol. The number of benzene rings is 1. The van der Waals surface area contributed by atoms with Crippen molar-refractivity contribution in [3.8, 4) is 5.69 Å². The van der Waals surface area contributed by atoms with Crippen LogP contribution >= 0.6 is 11.3 Å². The van der Waals surface area contributed by atoms with Crippen LogP contribution in [0, 0.1) is 6.92 Å². The van der Waals surface area contributed by atoms with E-state index in [0.717, 1.165) is 24.3 Å². The van der Waals surface area contributed by atoms with E-state index in [9.17, 15) is 5.11 Å². The van der Waals surface area contributed by atoms with E-state index in [1.807, 2.05) is 48.1 Å². The smallest absolute Gasteiger partial charge is 0.0645 e. The zero-order valence-electron chi connectivity index (χ0n) is 14.1. The molecule has 5 heteroatoms. The lowest BCUT2D eigenvalue weighted by Crippen LogP contribution is -2.30. The molecule has 0 saturated heterocycles. The van der Waals surface area contributed by atoms with Gasteiger partial charge in [0.05, 0.1) is 18.0 Å². The first-order valence-corrected chi connectivity index (χ1v) is 9.02. The number of thiophene rings is 1. The zero-order chi connectivity index (χ0) is 16.9. The summed E-state index contributed by atoms with van der Waals surface area (Å²) in [6.07, 6.45) is 3.61. The van der Waals surface area contributed by atoms with Crippen LogP contribution in [-0.4, -0.2) is 32.4 Å². The van der Waals surface area contributed by atoms with Crippen LogP contribution in [0.4, 0.5) is 0 Å². The summed E-state index contributed by atoms with van der Waals surface area (Å²) >= 11 is 1.77. The molecule has 1 atom stereocenters. The first-order valence-electron chi connectivity index (χ1n) is 8.14. The summed E-state index contributed by atoms with van der Waals surface area (Å²) in [5.74, 6) is 0. The Morgan fingerprint density at radius 3 is 2.67 bits per heavy atom. The van der Waals surface area contributed by atoms with Gasteiger partial charge in [-0.05, 0) is 43.0 Å². The van der Waals surface area contributed by atoms with Crippen molar-refractivity contribution in [1.82, 2.24) is 14.7 Å². The number of aliphatic hydroxyl groups is 1. The van der Waals surface area contributed by atoms with E-state index in [0.29, 0.717) is 6.54 Å². The van der Waals surface area contributed by atoms with Crippen molar-refractivity contribution in [1.29, 1.82) is 0 Å². The van der Waals surface area contributed by atoms with Gasteiger partial charge in [-0.2, -0.15) is 5.10 Å². The molecule has 0 saturated carbocycles. The second-order valence-corrected chi connectivity index (χ2v) is 7.17. The highest BCUT2D eigenvalue weighted by atomic mass is 32.1. The van der Waals surface area contributed by atoms with E-state index in [-0.39, 0.29) is 6.10 Å². The van der Waals surface area contributed by atoms with Crippen LogP contribution in [-0.2, 0) is 13.1 Å². The minimum Gasteiger partial charge on any atom is -0.392 e. The second kappa shape index (κ2) is 7.75. The van der Waals surface area contributed by atoms with Gasteiger partial charge < -0.3 is 5.11 Å². The molecular weight excluding hydrogens is 318 g/mol. The average molecular weight is 341 g/mol. The van der Waals surface area contributed by atoms with Gasteiger partial charge in [0, 0.05) is 36.3 Å². The number of hydrogen-bond donors (Lipinski definition) is 1. The first kappa shape index (κ1) is 16.9. The molecule has 0 spiro atoms. The second-order valence-electron chi connectivity index (χ2n) is 6.17. The summed E-state index contributed by atoms with van der Waals surface area (Å²) in [5, 5.41) is 16.4. The minimum absolute atomic E-state index is 0.352. The Morgan fingerprint density at radius 2 is 2.00 bits per heavy atom. The van der Waals surface area contributed by atoms with Gasteiger partial charge in [-0.15, -0.1) is 11.3 Å². The number of aryl methyl sites for hydroxylation is 1.